The number of hydrogen-bond donors (Lipinski definition) is 0. The van der Waals surface area contributed by atoms with Gasteiger partial charge in [-0.2, -0.15) is 0 Å². The number of anilines is 3. The number of rotatable bonds is 7. The Balaban J connectivity index is 1.09. The molecule has 0 unspecified atom stereocenters. The van der Waals surface area contributed by atoms with Gasteiger partial charge in [0, 0.05) is 33.6 Å². The molecular formula is C56H43NO. The molecular weight excluding hydrogens is 703 g/mol. The Kier molecular flexibility index (Phi) is 8.76. The van der Waals surface area contributed by atoms with Crippen LogP contribution in [0.2, 0.25) is 0 Å². The molecule has 58 heavy (non-hydrogen) atoms. The number of nitrogens with zero attached hydrogens (tertiary/aromatic N) is 1. The van der Waals surface area contributed by atoms with Crippen LogP contribution < -0.4 is 4.90 Å². The Morgan fingerprint density at radius 2 is 0.897 bits per heavy atom. The molecule has 2 nitrogen and oxygen atoms in total. The highest BCUT2D eigenvalue weighted by Crippen LogP contribution is 2.44. The summed E-state index contributed by atoms with van der Waals surface area (Å²) in [5.74, 6) is 0.919. The second-order valence-electron chi connectivity index (χ2n) is 16.2. The van der Waals surface area contributed by atoms with E-state index in [2.05, 4.69) is 226 Å². The maximum Gasteiger partial charge on any atom is 0.139 e. The lowest BCUT2D eigenvalue weighted by atomic mass is 9.83. The highest BCUT2D eigenvalue weighted by molar-refractivity contribution is 6.13. The van der Waals surface area contributed by atoms with E-state index in [-0.39, 0.29) is 5.41 Å². The quantitative estimate of drug-likeness (QED) is 0.151. The highest BCUT2D eigenvalue weighted by Gasteiger charge is 2.27. The molecule has 10 rings (SSSR count). The largest absolute Gasteiger partial charge is 0.456 e. The van der Waals surface area contributed by atoms with Gasteiger partial charge in [-0.3, -0.25) is 0 Å². The molecule has 0 saturated heterocycles. The van der Waals surface area contributed by atoms with Crippen LogP contribution in [0.3, 0.4) is 0 Å². The van der Waals surface area contributed by atoms with E-state index >= 15 is 0 Å². The topological polar surface area (TPSA) is 16.4 Å². The van der Waals surface area contributed by atoms with Gasteiger partial charge in [-0.15, -0.1) is 0 Å². The van der Waals surface area contributed by atoms with Crippen molar-refractivity contribution in [3.05, 3.63) is 212 Å². The first kappa shape index (κ1) is 35.3. The summed E-state index contributed by atoms with van der Waals surface area (Å²) in [4.78, 5) is 2.36. The van der Waals surface area contributed by atoms with Gasteiger partial charge in [0.15, 0.2) is 0 Å². The van der Waals surface area contributed by atoms with Crippen molar-refractivity contribution in [3.63, 3.8) is 0 Å². The van der Waals surface area contributed by atoms with Gasteiger partial charge >= 0.3 is 0 Å². The van der Waals surface area contributed by atoms with E-state index in [1.54, 1.807) is 0 Å². The van der Waals surface area contributed by atoms with E-state index in [9.17, 15) is 0 Å². The third-order valence-electron chi connectivity index (χ3n) is 11.3. The molecule has 10 aromatic rings. The van der Waals surface area contributed by atoms with Crippen LogP contribution in [-0.2, 0) is 5.41 Å². The highest BCUT2D eigenvalue weighted by atomic mass is 16.3. The van der Waals surface area contributed by atoms with Gasteiger partial charge in [0.2, 0.25) is 0 Å². The fourth-order valence-corrected chi connectivity index (χ4v) is 8.62. The maximum absolute atomic E-state index is 6.68. The summed E-state index contributed by atoms with van der Waals surface area (Å²) in [5.41, 5.74) is 13.5. The zero-order valence-electron chi connectivity index (χ0n) is 33.0. The second kappa shape index (κ2) is 14.4. The van der Waals surface area contributed by atoms with Gasteiger partial charge in [-0.05, 0) is 115 Å². The van der Waals surface area contributed by atoms with Crippen molar-refractivity contribution < 1.29 is 4.42 Å². The average molecular weight is 746 g/mol. The second-order valence-corrected chi connectivity index (χ2v) is 16.2. The molecule has 0 N–H and O–H groups in total. The molecule has 0 atom stereocenters. The van der Waals surface area contributed by atoms with Crippen LogP contribution in [0.4, 0.5) is 17.1 Å². The summed E-state index contributed by atoms with van der Waals surface area (Å²) < 4.78 is 6.68. The van der Waals surface area contributed by atoms with E-state index < -0.39 is 0 Å². The van der Waals surface area contributed by atoms with Crippen LogP contribution in [0.15, 0.2) is 211 Å². The Bertz CT molecular complexity index is 3080. The zero-order chi connectivity index (χ0) is 39.2. The summed E-state index contributed by atoms with van der Waals surface area (Å²) >= 11 is 0. The lowest BCUT2D eigenvalue weighted by molar-refractivity contribution is 0.568. The third kappa shape index (κ3) is 6.43. The molecule has 0 radical (unpaired) electrons. The van der Waals surface area contributed by atoms with Crippen LogP contribution >= 0.6 is 0 Å². The van der Waals surface area contributed by atoms with Crippen molar-refractivity contribution in [1.82, 2.24) is 0 Å². The molecule has 0 fully saturated rings. The van der Waals surface area contributed by atoms with Gasteiger partial charge in [0.05, 0.1) is 0 Å². The third-order valence-corrected chi connectivity index (χ3v) is 11.3. The lowest BCUT2D eigenvalue weighted by Crippen LogP contribution is -2.12. The minimum Gasteiger partial charge on any atom is -0.456 e. The first-order valence-corrected chi connectivity index (χ1v) is 20.1. The molecule has 1 aromatic heterocycles. The summed E-state index contributed by atoms with van der Waals surface area (Å²) in [6, 6.07) is 74.3. The molecule has 0 aliphatic heterocycles. The minimum absolute atomic E-state index is 0.117. The van der Waals surface area contributed by atoms with Crippen LogP contribution in [0.25, 0.3) is 77.2 Å². The zero-order valence-corrected chi connectivity index (χ0v) is 33.0. The molecule has 0 aliphatic carbocycles. The normalized spacial score (nSPS) is 11.7. The van der Waals surface area contributed by atoms with E-state index in [0.29, 0.717) is 0 Å². The van der Waals surface area contributed by atoms with Crippen LogP contribution in [0, 0.1) is 0 Å². The Labute approximate surface area is 340 Å². The molecule has 0 saturated carbocycles. The summed E-state index contributed by atoms with van der Waals surface area (Å²) in [7, 11) is 0. The van der Waals surface area contributed by atoms with Crippen LogP contribution in [-0.4, -0.2) is 0 Å². The predicted molar refractivity (Wildman–Crippen MR) is 246 cm³/mol. The molecule has 9 aromatic carbocycles. The first-order chi connectivity index (χ1) is 28.4. The van der Waals surface area contributed by atoms with Gasteiger partial charge in [-0.25, -0.2) is 0 Å². The van der Waals surface area contributed by atoms with Crippen molar-refractivity contribution in [1.29, 1.82) is 0 Å². The number of fused-ring (bicyclic) bond motifs is 4. The lowest BCUT2D eigenvalue weighted by Gasteiger charge is -2.27. The smallest absolute Gasteiger partial charge is 0.139 e. The van der Waals surface area contributed by atoms with Gasteiger partial charge < -0.3 is 9.32 Å². The molecule has 278 valence electrons. The Morgan fingerprint density at radius 1 is 0.362 bits per heavy atom. The van der Waals surface area contributed by atoms with Crippen molar-refractivity contribution in [2.45, 2.75) is 26.2 Å². The van der Waals surface area contributed by atoms with Crippen molar-refractivity contribution in [2.24, 2.45) is 0 Å². The van der Waals surface area contributed by atoms with Crippen LogP contribution in [0.1, 0.15) is 26.3 Å². The van der Waals surface area contributed by atoms with E-state index in [1.807, 2.05) is 6.07 Å². The molecule has 2 heteroatoms. The number of benzene rings is 9. The van der Waals surface area contributed by atoms with Crippen LogP contribution in [0.5, 0.6) is 0 Å². The minimum atomic E-state index is -0.117. The summed E-state index contributed by atoms with van der Waals surface area (Å²) in [6.45, 7) is 6.80. The predicted octanol–water partition coefficient (Wildman–Crippen LogP) is 16.2. The molecule has 0 aliphatic rings. The molecule has 1 heterocycles. The van der Waals surface area contributed by atoms with E-state index in [4.69, 9.17) is 4.42 Å². The first-order valence-electron chi connectivity index (χ1n) is 20.1. The fourth-order valence-electron chi connectivity index (χ4n) is 8.62. The molecule has 0 amide bonds. The fraction of sp³-hybridized carbons (Fsp3) is 0.0714. The summed E-state index contributed by atoms with van der Waals surface area (Å²) in [5, 5.41) is 6.21. The Hall–Kier alpha value is -7.16. The number of furan rings is 1. The molecule has 0 spiro atoms. The number of para-hydroxylation sites is 1. The van der Waals surface area contributed by atoms with E-state index in [0.717, 1.165) is 39.4 Å². The standard InChI is InChI=1S/C56H43NO/c1-56(2,3)54-51-25-11-12-26-53(51)58-55(54)44-20-14-21-47(36-44)57(45-31-27-39(28-32-45)42-19-13-18-41(35-42)38-15-5-4-6-16-38)46-33-29-40(30-34-46)52-37-43-17-7-8-22-48(43)49-23-9-10-24-50(49)52/h4-37H,1-3H3. The van der Waals surface area contributed by atoms with Gasteiger partial charge in [-0.1, -0.05) is 172 Å². The SMILES string of the molecule is CC(C)(C)c1c(-c2cccc(N(c3ccc(-c4cccc(-c5ccccc5)c4)cc3)c3ccc(-c4cc5ccccc5c5ccccc45)cc3)c2)oc2ccccc12. The number of hydrogen-bond acceptors (Lipinski definition) is 2. The Morgan fingerprint density at radius 3 is 1.60 bits per heavy atom. The monoisotopic (exact) mass is 745 g/mol. The maximum atomic E-state index is 6.68. The average Bonchev–Trinajstić information content (AvgIpc) is 3.68. The van der Waals surface area contributed by atoms with Crippen molar-refractivity contribution in [3.8, 4) is 44.7 Å². The summed E-state index contributed by atoms with van der Waals surface area (Å²) in [6.07, 6.45) is 0. The van der Waals surface area contributed by atoms with Crippen molar-refractivity contribution in [2.75, 3.05) is 4.90 Å². The van der Waals surface area contributed by atoms with E-state index in [1.165, 1.54) is 60.5 Å². The molecule has 0 bridgehead atoms. The van der Waals surface area contributed by atoms with Gasteiger partial charge in [0.25, 0.3) is 0 Å². The van der Waals surface area contributed by atoms with Crippen molar-refractivity contribution >= 4 is 49.6 Å². The van der Waals surface area contributed by atoms with Gasteiger partial charge in [0.1, 0.15) is 11.3 Å².